The van der Waals surface area contributed by atoms with Crippen molar-refractivity contribution in [3.63, 3.8) is 0 Å². The number of fused-ring (bicyclic) bond motifs is 1. The van der Waals surface area contributed by atoms with Crippen molar-refractivity contribution in [1.82, 2.24) is 19.9 Å². The Morgan fingerprint density at radius 3 is 2.57 bits per heavy atom. The number of amides is 2. The Labute approximate surface area is 294 Å². The van der Waals surface area contributed by atoms with Gasteiger partial charge in [-0.05, 0) is 86.3 Å². The van der Waals surface area contributed by atoms with Crippen molar-refractivity contribution in [3.05, 3.63) is 93.1 Å². The molecule has 15 heteroatoms. The molecule has 0 spiro atoms. The van der Waals surface area contributed by atoms with Crippen LogP contribution in [0.2, 0.25) is 10.0 Å². The number of sulfonamides is 1. The number of carbonyl (C=O) groups excluding carboxylic acids is 2. The molecular formula is C34H36Cl2N6O6S. The number of hydrogen-bond acceptors (Lipinski definition) is 9. The van der Waals surface area contributed by atoms with Gasteiger partial charge in [0, 0.05) is 41.3 Å². The summed E-state index contributed by atoms with van der Waals surface area (Å²) < 4.78 is 40.5. The number of aromatic nitrogens is 1. The van der Waals surface area contributed by atoms with E-state index in [1.807, 2.05) is 32.0 Å². The van der Waals surface area contributed by atoms with Crippen LogP contribution in [0.15, 0.2) is 70.7 Å². The first kappa shape index (κ1) is 35.9. The van der Waals surface area contributed by atoms with Gasteiger partial charge >= 0.3 is 0 Å². The number of rotatable bonds is 13. The van der Waals surface area contributed by atoms with E-state index in [-0.39, 0.29) is 53.7 Å². The molecule has 1 fully saturated rings. The molecule has 2 heterocycles. The summed E-state index contributed by atoms with van der Waals surface area (Å²) in [6.45, 7) is 3.91. The monoisotopic (exact) mass is 726 g/mol. The molecular weight excluding hydrogens is 691 g/mol. The van der Waals surface area contributed by atoms with Crippen LogP contribution < -0.4 is 25.9 Å². The van der Waals surface area contributed by atoms with Crippen LogP contribution in [0, 0.1) is 13.8 Å². The zero-order valence-corrected chi connectivity index (χ0v) is 29.2. The molecule has 1 aliphatic heterocycles. The molecule has 1 aliphatic rings. The van der Waals surface area contributed by atoms with E-state index in [9.17, 15) is 18.0 Å². The first-order valence-corrected chi connectivity index (χ1v) is 17.7. The molecule has 1 atom stereocenters. The first-order valence-electron chi connectivity index (χ1n) is 15.5. The van der Waals surface area contributed by atoms with Crippen LogP contribution >= 0.6 is 23.2 Å². The molecule has 4 N–H and O–H groups in total. The fourth-order valence-corrected chi connectivity index (χ4v) is 8.11. The molecule has 0 saturated carbocycles. The van der Waals surface area contributed by atoms with Crippen molar-refractivity contribution in [2.75, 3.05) is 26.2 Å². The quantitative estimate of drug-likeness (QED) is 0.0785. The minimum absolute atomic E-state index is 0.0793. The van der Waals surface area contributed by atoms with Crippen molar-refractivity contribution >= 4 is 62.2 Å². The maximum atomic E-state index is 13.9. The van der Waals surface area contributed by atoms with E-state index in [1.165, 1.54) is 18.3 Å². The molecule has 3 aromatic carbocycles. The van der Waals surface area contributed by atoms with E-state index in [2.05, 4.69) is 20.7 Å². The number of halogens is 2. The van der Waals surface area contributed by atoms with Crippen LogP contribution in [-0.2, 0) is 26.2 Å². The van der Waals surface area contributed by atoms with Gasteiger partial charge in [0.25, 0.3) is 5.91 Å². The molecule has 258 valence electrons. The van der Waals surface area contributed by atoms with Crippen molar-refractivity contribution < 1.29 is 27.5 Å². The van der Waals surface area contributed by atoms with Crippen molar-refractivity contribution in [1.29, 1.82) is 0 Å². The Kier molecular flexibility index (Phi) is 11.6. The zero-order valence-electron chi connectivity index (χ0n) is 26.9. The Balaban J connectivity index is 1.18. The lowest BCUT2D eigenvalue weighted by Gasteiger charge is -2.24. The predicted octanol–water partition coefficient (Wildman–Crippen LogP) is 4.49. The van der Waals surface area contributed by atoms with Crippen molar-refractivity contribution in [3.8, 4) is 11.5 Å². The number of nitrogens with two attached hydrogens (primary N) is 1. The van der Waals surface area contributed by atoms with Gasteiger partial charge in [-0.2, -0.15) is 9.41 Å². The second kappa shape index (κ2) is 15.9. The molecule has 49 heavy (non-hydrogen) atoms. The molecule has 5 rings (SSSR count). The number of hydrazone groups is 1. The molecule has 0 bridgehead atoms. The number of para-hydroxylation sites is 1. The molecule has 1 saturated heterocycles. The van der Waals surface area contributed by atoms with Gasteiger partial charge in [0.1, 0.15) is 34.6 Å². The van der Waals surface area contributed by atoms with Crippen LogP contribution in [-0.4, -0.2) is 68.0 Å². The predicted molar refractivity (Wildman–Crippen MR) is 189 cm³/mol. The molecule has 2 amide bonds. The summed E-state index contributed by atoms with van der Waals surface area (Å²) in [6, 6.07) is 16.3. The molecule has 0 aliphatic carbocycles. The standard InChI is InChI=1S/C34H36Cl2N6O6S/c1-21-17-22(2)41-33-25(21)5-3-7-29(33)48-19-26-27(35)12-13-30(32(26)36)49(45,46)42-16-4-6-28(42)34(44)39-15-14-38-31(43)20-47-24-10-8-23(9-11-24)18-40-37/h3,5,7-13,17-18,28H,4,6,14-16,19-20,37H2,1-2H3,(H,38,43)(H,39,44)/t28-/m0/s1. The number of carbonyl (C=O) groups is 2. The number of pyridine rings is 1. The van der Waals surface area contributed by atoms with Crippen LogP contribution in [0.25, 0.3) is 10.9 Å². The summed E-state index contributed by atoms with van der Waals surface area (Å²) in [7, 11) is -4.20. The summed E-state index contributed by atoms with van der Waals surface area (Å²) in [5.41, 5.74) is 3.64. The van der Waals surface area contributed by atoms with Crippen LogP contribution in [0.4, 0.5) is 0 Å². The van der Waals surface area contributed by atoms with Crippen molar-refractivity contribution in [2.24, 2.45) is 10.9 Å². The highest BCUT2D eigenvalue weighted by Crippen LogP contribution is 2.36. The lowest BCUT2D eigenvalue weighted by Crippen LogP contribution is -2.47. The highest BCUT2D eigenvalue weighted by molar-refractivity contribution is 7.89. The van der Waals surface area contributed by atoms with E-state index in [0.29, 0.717) is 35.4 Å². The third-order valence-electron chi connectivity index (χ3n) is 7.97. The third kappa shape index (κ3) is 8.42. The topological polar surface area (TPSA) is 165 Å². The minimum atomic E-state index is -4.20. The molecule has 0 radical (unpaired) electrons. The number of ether oxygens (including phenoxy) is 2. The summed E-state index contributed by atoms with van der Waals surface area (Å²) in [5.74, 6) is 5.27. The smallest absolute Gasteiger partial charge is 0.258 e. The molecule has 12 nitrogen and oxygen atoms in total. The minimum Gasteiger partial charge on any atom is -0.487 e. The van der Waals surface area contributed by atoms with Gasteiger partial charge in [0.2, 0.25) is 15.9 Å². The average molecular weight is 728 g/mol. The third-order valence-corrected chi connectivity index (χ3v) is 10.8. The Bertz CT molecular complexity index is 1990. The van der Waals surface area contributed by atoms with Gasteiger partial charge in [0.15, 0.2) is 6.61 Å². The maximum Gasteiger partial charge on any atom is 0.258 e. The summed E-state index contributed by atoms with van der Waals surface area (Å²) in [4.78, 5) is 29.8. The normalized spacial score (nSPS) is 15.1. The van der Waals surface area contributed by atoms with Crippen LogP contribution in [0.1, 0.15) is 35.2 Å². The Hall–Kier alpha value is -4.43. The molecule has 4 aromatic rings. The SMILES string of the molecule is Cc1cc(C)c2cccc(OCc3c(Cl)ccc(S(=O)(=O)N4CCC[C@H]4C(=O)NCCNC(=O)COc4ccc(C=NN)cc4)c3Cl)c2n1. The first-order chi connectivity index (χ1) is 23.5. The van der Waals surface area contributed by atoms with E-state index in [4.69, 9.17) is 38.5 Å². The Morgan fingerprint density at radius 1 is 1.06 bits per heavy atom. The summed E-state index contributed by atoms with van der Waals surface area (Å²) in [5, 5.41) is 9.92. The number of benzene rings is 3. The van der Waals surface area contributed by atoms with Crippen LogP contribution in [0.5, 0.6) is 11.5 Å². The molecule has 1 aromatic heterocycles. The number of nitrogens with zero attached hydrogens (tertiary/aromatic N) is 3. The molecule has 0 unspecified atom stereocenters. The number of nitrogens with one attached hydrogen (secondary N) is 2. The van der Waals surface area contributed by atoms with Crippen molar-refractivity contribution in [2.45, 2.75) is 44.2 Å². The van der Waals surface area contributed by atoms with Gasteiger partial charge in [-0.3, -0.25) is 9.59 Å². The summed E-state index contributed by atoms with van der Waals surface area (Å²) in [6.07, 6.45) is 2.30. The fourth-order valence-electron chi connectivity index (χ4n) is 5.59. The second-order valence-electron chi connectivity index (χ2n) is 11.4. The van der Waals surface area contributed by atoms with E-state index >= 15 is 0 Å². The largest absolute Gasteiger partial charge is 0.487 e. The second-order valence-corrected chi connectivity index (χ2v) is 14.1. The highest BCUT2D eigenvalue weighted by atomic mass is 35.5. The summed E-state index contributed by atoms with van der Waals surface area (Å²) >= 11 is 13.2. The van der Waals surface area contributed by atoms with Gasteiger partial charge < -0.3 is 25.9 Å². The fraction of sp³-hybridized carbons (Fsp3) is 0.294. The van der Waals surface area contributed by atoms with E-state index in [0.717, 1.165) is 26.5 Å². The Morgan fingerprint density at radius 2 is 1.82 bits per heavy atom. The van der Waals surface area contributed by atoms with E-state index in [1.54, 1.807) is 30.3 Å². The van der Waals surface area contributed by atoms with Gasteiger partial charge in [-0.1, -0.05) is 35.3 Å². The lowest BCUT2D eigenvalue weighted by atomic mass is 10.1. The van der Waals surface area contributed by atoms with Gasteiger partial charge in [-0.15, -0.1) is 0 Å². The maximum absolute atomic E-state index is 13.9. The highest BCUT2D eigenvalue weighted by Gasteiger charge is 2.40. The number of hydrogen-bond donors (Lipinski definition) is 3. The van der Waals surface area contributed by atoms with Gasteiger partial charge in [0.05, 0.1) is 11.2 Å². The van der Waals surface area contributed by atoms with Crippen LogP contribution in [0.3, 0.4) is 0 Å². The number of aryl methyl sites for hydroxylation is 2. The zero-order chi connectivity index (χ0) is 35.1. The lowest BCUT2D eigenvalue weighted by molar-refractivity contribution is -0.125. The van der Waals surface area contributed by atoms with E-state index < -0.39 is 22.0 Å². The van der Waals surface area contributed by atoms with Gasteiger partial charge in [-0.25, -0.2) is 13.4 Å². The average Bonchev–Trinajstić information content (AvgIpc) is 3.58.